The molecule has 0 aromatic heterocycles. The molecule has 0 radical (unpaired) electrons. The Balaban J connectivity index is 1.41. The van der Waals surface area contributed by atoms with Crippen LogP contribution >= 0.6 is 0 Å². The van der Waals surface area contributed by atoms with Crippen molar-refractivity contribution in [2.24, 2.45) is 0 Å². The van der Waals surface area contributed by atoms with Crippen LogP contribution in [0.5, 0.6) is 0 Å². The summed E-state index contributed by atoms with van der Waals surface area (Å²) in [7, 11) is 0. The Labute approximate surface area is 118 Å². The van der Waals surface area contributed by atoms with Crippen molar-refractivity contribution >= 4 is 5.97 Å². The molecule has 0 N–H and O–H groups in total. The van der Waals surface area contributed by atoms with E-state index >= 15 is 0 Å². The Bertz CT molecular complexity index is 389. The average Bonchev–Trinajstić information content (AvgIpc) is 3.29. The lowest BCUT2D eigenvalue weighted by atomic mass is 10.2. The lowest BCUT2D eigenvalue weighted by molar-refractivity contribution is -0.150. The lowest BCUT2D eigenvalue weighted by Gasteiger charge is -2.06. The van der Waals surface area contributed by atoms with E-state index in [1.807, 2.05) is 30.3 Å². The van der Waals surface area contributed by atoms with Gasteiger partial charge in [-0.3, -0.25) is 0 Å². The van der Waals surface area contributed by atoms with Crippen molar-refractivity contribution in [1.82, 2.24) is 0 Å². The largest absolute Gasteiger partial charge is 0.459 e. The molecule has 1 aliphatic heterocycles. The van der Waals surface area contributed by atoms with Crippen molar-refractivity contribution in [2.75, 3.05) is 33.0 Å². The molecule has 0 bridgehead atoms. The van der Waals surface area contributed by atoms with Crippen LogP contribution in [0.1, 0.15) is 12.0 Å². The maximum atomic E-state index is 11.4. The zero-order valence-corrected chi connectivity index (χ0v) is 11.5. The van der Waals surface area contributed by atoms with Gasteiger partial charge < -0.3 is 18.9 Å². The molecule has 0 aliphatic carbocycles. The Morgan fingerprint density at radius 2 is 1.90 bits per heavy atom. The SMILES string of the molecule is O=C(COCCOCCC1CO1)OCc1ccccc1. The van der Waals surface area contributed by atoms with Crippen LogP contribution < -0.4 is 0 Å². The molecule has 2 rings (SSSR count). The molecule has 1 unspecified atom stereocenters. The van der Waals surface area contributed by atoms with Crippen LogP contribution in [0.3, 0.4) is 0 Å². The summed E-state index contributed by atoms with van der Waals surface area (Å²) in [5, 5.41) is 0. The highest BCUT2D eigenvalue weighted by atomic mass is 16.6. The van der Waals surface area contributed by atoms with Crippen LogP contribution in [0.2, 0.25) is 0 Å². The number of carbonyl (C=O) groups is 1. The van der Waals surface area contributed by atoms with Gasteiger partial charge in [0.2, 0.25) is 0 Å². The normalized spacial score (nSPS) is 16.9. The molecule has 1 aromatic rings. The number of ether oxygens (including phenoxy) is 4. The molecule has 5 nitrogen and oxygen atoms in total. The van der Waals surface area contributed by atoms with Gasteiger partial charge in [-0.15, -0.1) is 0 Å². The number of hydrogen-bond donors (Lipinski definition) is 0. The molecule has 5 heteroatoms. The first-order chi connectivity index (χ1) is 9.84. The van der Waals surface area contributed by atoms with Crippen LogP contribution in [0.4, 0.5) is 0 Å². The third kappa shape index (κ3) is 6.65. The van der Waals surface area contributed by atoms with Crippen molar-refractivity contribution in [2.45, 2.75) is 19.1 Å². The summed E-state index contributed by atoms with van der Waals surface area (Å²) in [5.74, 6) is -0.361. The van der Waals surface area contributed by atoms with Crippen molar-refractivity contribution < 1.29 is 23.7 Å². The fourth-order valence-corrected chi connectivity index (χ4v) is 1.60. The van der Waals surface area contributed by atoms with Gasteiger partial charge in [-0.05, 0) is 12.0 Å². The Morgan fingerprint density at radius 1 is 1.15 bits per heavy atom. The van der Waals surface area contributed by atoms with Crippen LogP contribution in [0.25, 0.3) is 0 Å². The molecule has 1 atom stereocenters. The van der Waals surface area contributed by atoms with Crippen molar-refractivity contribution in [3.8, 4) is 0 Å². The van der Waals surface area contributed by atoms with E-state index in [-0.39, 0.29) is 19.2 Å². The fraction of sp³-hybridized carbons (Fsp3) is 0.533. The van der Waals surface area contributed by atoms with Gasteiger partial charge >= 0.3 is 5.97 Å². The maximum Gasteiger partial charge on any atom is 0.332 e. The molecule has 20 heavy (non-hydrogen) atoms. The summed E-state index contributed by atoms with van der Waals surface area (Å²) in [6, 6.07) is 9.55. The molecule has 1 aliphatic rings. The first-order valence-electron chi connectivity index (χ1n) is 6.81. The van der Waals surface area contributed by atoms with Gasteiger partial charge in [0.15, 0.2) is 0 Å². The van der Waals surface area contributed by atoms with Gasteiger partial charge in [0.1, 0.15) is 13.2 Å². The predicted octanol–water partition coefficient (Wildman–Crippen LogP) is 1.55. The molecular weight excluding hydrogens is 260 g/mol. The first kappa shape index (κ1) is 15.0. The number of benzene rings is 1. The highest BCUT2D eigenvalue weighted by Crippen LogP contribution is 2.12. The van der Waals surface area contributed by atoms with Gasteiger partial charge in [0, 0.05) is 6.61 Å². The van der Waals surface area contributed by atoms with Gasteiger partial charge in [0.05, 0.1) is 25.9 Å². The topological polar surface area (TPSA) is 57.3 Å². The van der Waals surface area contributed by atoms with E-state index in [4.69, 9.17) is 18.9 Å². The summed E-state index contributed by atoms with van der Waals surface area (Å²) >= 11 is 0. The van der Waals surface area contributed by atoms with Gasteiger partial charge in [-0.1, -0.05) is 30.3 Å². The predicted molar refractivity (Wildman–Crippen MR) is 72.2 cm³/mol. The number of carbonyl (C=O) groups excluding carboxylic acids is 1. The van der Waals surface area contributed by atoms with E-state index in [1.165, 1.54) is 0 Å². The number of rotatable bonds is 10. The lowest BCUT2D eigenvalue weighted by Crippen LogP contribution is -2.15. The number of hydrogen-bond acceptors (Lipinski definition) is 5. The molecule has 1 fully saturated rings. The zero-order valence-electron chi connectivity index (χ0n) is 11.5. The minimum atomic E-state index is -0.361. The Morgan fingerprint density at radius 3 is 2.65 bits per heavy atom. The molecule has 0 saturated carbocycles. The highest BCUT2D eigenvalue weighted by molar-refractivity contribution is 5.70. The summed E-state index contributed by atoms with van der Waals surface area (Å²) in [5.41, 5.74) is 0.964. The summed E-state index contributed by atoms with van der Waals surface area (Å²) in [4.78, 5) is 11.4. The monoisotopic (exact) mass is 280 g/mol. The second kappa shape index (κ2) is 8.68. The molecule has 1 heterocycles. The fourth-order valence-electron chi connectivity index (χ4n) is 1.60. The van der Waals surface area contributed by atoms with Crippen molar-refractivity contribution in [3.63, 3.8) is 0 Å². The second-order valence-corrected chi connectivity index (χ2v) is 4.56. The van der Waals surface area contributed by atoms with Crippen LogP contribution in [0, 0.1) is 0 Å². The van der Waals surface area contributed by atoms with Crippen LogP contribution in [-0.2, 0) is 30.3 Å². The minimum absolute atomic E-state index is 0.0398. The molecule has 0 amide bonds. The third-order valence-corrected chi connectivity index (χ3v) is 2.82. The Kier molecular flexibility index (Phi) is 6.50. The molecule has 110 valence electrons. The van der Waals surface area contributed by atoms with Crippen LogP contribution in [0.15, 0.2) is 30.3 Å². The van der Waals surface area contributed by atoms with E-state index in [9.17, 15) is 4.79 Å². The smallest absolute Gasteiger partial charge is 0.332 e. The van der Waals surface area contributed by atoms with Crippen molar-refractivity contribution in [1.29, 1.82) is 0 Å². The Hall–Kier alpha value is -1.43. The summed E-state index contributed by atoms with van der Waals surface area (Å²) in [6.07, 6.45) is 1.32. The quantitative estimate of drug-likeness (QED) is 0.370. The summed E-state index contributed by atoms with van der Waals surface area (Å²) in [6.45, 7) is 2.65. The standard InChI is InChI=1S/C15H20O5/c16-15(20-10-13-4-2-1-3-5-13)12-18-9-8-17-7-6-14-11-19-14/h1-5,14H,6-12H2. The van der Waals surface area contributed by atoms with Crippen LogP contribution in [-0.4, -0.2) is 45.1 Å². The maximum absolute atomic E-state index is 11.4. The van der Waals surface area contributed by atoms with E-state index in [0.29, 0.717) is 25.9 Å². The third-order valence-electron chi connectivity index (χ3n) is 2.82. The number of esters is 1. The van der Waals surface area contributed by atoms with Crippen molar-refractivity contribution in [3.05, 3.63) is 35.9 Å². The number of epoxide rings is 1. The van der Waals surface area contributed by atoms with E-state index in [0.717, 1.165) is 18.6 Å². The van der Waals surface area contributed by atoms with Gasteiger partial charge in [0.25, 0.3) is 0 Å². The minimum Gasteiger partial charge on any atom is -0.459 e. The highest BCUT2D eigenvalue weighted by Gasteiger charge is 2.21. The zero-order chi connectivity index (χ0) is 14.0. The average molecular weight is 280 g/mol. The van der Waals surface area contributed by atoms with E-state index in [2.05, 4.69) is 0 Å². The van der Waals surface area contributed by atoms with Gasteiger partial charge in [-0.2, -0.15) is 0 Å². The van der Waals surface area contributed by atoms with E-state index < -0.39 is 0 Å². The second-order valence-electron chi connectivity index (χ2n) is 4.56. The molecule has 1 saturated heterocycles. The summed E-state index contributed by atoms with van der Waals surface area (Å²) < 4.78 is 20.6. The molecule has 0 spiro atoms. The molecule has 1 aromatic carbocycles. The van der Waals surface area contributed by atoms with Gasteiger partial charge in [-0.25, -0.2) is 4.79 Å². The first-order valence-corrected chi connectivity index (χ1v) is 6.81. The molecular formula is C15H20O5. The van der Waals surface area contributed by atoms with E-state index in [1.54, 1.807) is 0 Å².